The zero-order valence-electron chi connectivity index (χ0n) is 15.4. The van der Waals surface area contributed by atoms with Crippen LogP contribution in [-0.2, 0) is 22.6 Å². The molecule has 6 heteroatoms. The predicted octanol–water partition coefficient (Wildman–Crippen LogP) is 2.09. The topological polar surface area (TPSA) is 80.3 Å². The van der Waals surface area contributed by atoms with Crippen molar-refractivity contribution in [3.05, 3.63) is 59.9 Å². The summed E-state index contributed by atoms with van der Waals surface area (Å²) in [5.74, 6) is 0.137. The predicted molar refractivity (Wildman–Crippen MR) is 99.6 cm³/mol. The number of methoxy groups -OCH3 is 1. The molecule has 1 heterocycles. The maximum Gasteiger partial charge on any atom is 0.235 e. The molecule has 0 aliphatic heterocycles. The number of hydrogen-bond acceptors (Lipinski definition) is 4. The van der Waals surface area contributed by atoms with Gasteiger partial charge in [0.2, 0.25) is 11.8 Å². The summed E-state index contributed by atoms with van der Waals surface area (Å²) in [6, 6.07) is 13.1. The Kier molecular flexibility index (Phi) is 6.72. The molecule has 1 aromatic heterocycles. The summed E-state index contributed by atoms with van der Waals surface area (Å²) < 4.78 is 5.30. The lowest BCUT2D eigenvalue weighted by molar-refractivity contribution is -0.141. The van der Waals surface area contributed by atoms with Crippen molar-refractivity contribution >= 4 is 11.8 Å². The monoisotopic (exact) mass is 355 g/mol. The van der Waals surface area contributed by atoms with Crippen molar-refractivity contribution in [1.29, 1.82) is 0 Å². The first-order valence-corrected chi connectivity index (χ1v) is 8.53. The van der Waals surface area contributed by atoms with E-state index in [0.29, 0.717) is 13.0 Å². The fourth-order valence-corrected chi connectivity index (χ4v) is 2.44. The summed E-state index contributed by atoms with van der Waals surface area (Å²) in [6.07, 6.45) is 2.29. The number of pyridine rings is 1. The Hall–Kier alpha value is -2.89. The van der Waals surface area contributed by atoms with E-state index in [9.17, 15) is 9.59 Å². The van der Waals surface area contributed by atoms with Crippen molar-refractivity contribution in [2.45, 2.75) is 26.8 Å². The lowest BCUT2D eigenvalue weighted by Gasteiger charge is -2.22. The smallest absolute Gasteiger partial charge is 0.235 e. The van der Waals surface area contributed by atoms with Crippen LogP contribution in [0.15, 0.2) is 48.7 Å². The van der Waals surface area contributed by atoms with E-state index in [2.05, 4.69) is 15.6 Å². The van der Waals surface area contributed by atoms with Crippen LogP contribution in [0.4, 0.5) is 0 Å². The minimum atomic E-state index is -1.17. The highest BCUT2D eigenvalue weighted by molar-refractivity contribution is 6.04. The van der Waals surface area contributed by atoms with Gasteiger partial charge in [-0.1, -0.05) is 24.3 Å². The Morgan fingerprint density at radius 3 is 2.42 bits per heavy atom. The standard InChI is InChI=1S/C20H25N3O3/c1-20(2,19(25)23-14-16-9-6-7-12-21-16)18(24)22-13-11-15-8-4-5-10-17(15)26-3/h4-10,12H,11,13-14H2,1-3H3,(H,22,24)(H,23,25). The summed E-state index contributed by atoms with van der Waals surface area (Å²) in [5, 5.41) is 5.60. The molecule has 2 rings (SSSR count). The van der Waals surface area contributed by atoms with Crippen molar-refractivity contribution in [1.82, 2.24) is 15.6 Å². The number of benzene rings is 1. The molecule has 2 N–H and O–H groups in total. The number of para-hydroxylation sites is 1. The molecule has 26 heavy (non-hydrogen) atoms. The number of nitrogens with one attached hydrogen (secondary N) is 2. The quantitative estimate of drug-likeness (QED) is 0.711. The highest BCUT2D eigenvalue weighted by Gasteiger charge is 2.35. The molecular weight excluding hydrogens is 330 g/mol. The molecule has 1 aromatic carbocycles. The second kappa shape index (κ2) is 8.99. The normalized spacial score (nSPS) is 10.9. The van der Waals surface area contributed by atoms with Gasteiger partial charge in [-0.3, -0.25) is 14.6 Å². The summed E-state index contributed by atoms with van der Waals surface area (Å²) >= 11 is 0. The summed E-state index contributed by atoms with van der Waals surface area (Å²) in [7, 11) is 1.62. The molecule has 0 atom stereocenters. The number of hydrogen-bond donors (Lipinski definition) is 2. The number of ether oxygens (including phenoxy) is 1. The van der Waals surface area contributed by atoms with Crippen LogP contribution >= 0.6 is 0 Å². The Balaban J connectivity index is 1.85. The largest absolute Gasteiger partial charge is 0.496 e. The maximum absolute atomic E-state index is 12.4. The van der Waals surface area contributed by atoms with Gasteiger partial charge in [-0.2, -0.15) is 0 Å². The van der Waals surface area contributed by atoms with Crippen molar-refractivity contribution in [2.75, 3.05) is 13.7 Å². The Morgan fingerprint density at radius 1 is 1.04 bits per heavy atom. The average molecular weight is 355 g/mol. The lowest BCUT2D eigenvalue weighted by Crippen LogP contribution is -2.48. The third kappa shape index (κ3) is 5.05. The zero-order valence-corrected chi connectivity index (χ0v) is 15.4. The number of aromatic nitrogens is 1. The number of carbonyl (C=O) groups is 2. The average Bonchev–Trinajstić information content (AvgIpc) is 2.67. The number of rotatable bonds is 8. The number of nitrogens with zero attached hydrogens (tertiary/aromatic N) is 1. The molecule has 2 amide bonds. The van der Waals surface area contributed by atoms with Gasteiger partial charge in [0.05, 0.1) is 19.3 Å². The van der Waals surface area contributed by atoms with E-state index < -0.39 is 5.41 Å². The first kappa shape index (κ1) is 19.4. The highest BCUT2D eigenvalue weighted by Crippen LogP contribution is 2.18. The van der Waals surface area contributed by atoms with Gasteiger partial charge in [0.15, 0.2) is 0 Å². The van der Waals surface area contributed by atoms with Crippen LogP contribution in [0.5, 0.6) is 5.75 Å². The van der Waals surface area contributed by atoms with Crippen LogP contribution < -0.4 is 15.4 Å². The van der Waals surface area contributed by atoms with Gasteiger partial charge in [-0.15, -0.1) is 0 Å². The van der Waals surface area contributed by atoms with Gasteiger partial charge in [-0.05, 0) is 44.0 Å². The van der Waals surface area contributed by atoms with E-state index in [1.54, 1.807) is 27.2 Å². The van der Waals surface area contributed by atoms with Crippen LogP contribution in [0.2, 0.25) is 0 Å². The van der Waals surface area contributed by atoms with Crippen molar-refractivity contribution < 1.29 is 14.3 Å². The minimum Gasteiger partial charge on any atom is -0.496 e. The maximum atomic E-state index is 12.4. The molecule has 138 valence electrons. The number of amides is 2. The van der Waals surface area contributed by atoms with Gasteiger partial charge in [0.25, 0.3) is 0 Å². The van der Waals surface area contributed by atoms with Crippen LogP contribution in [0.3, 0.4) is 0 Å². The number of carbonyl (C=O) groups excluding carboxylic acids is 2. The third-order valence-corrected chi connectivity index (χ3v) is 4.16. The summed E-state index contributed by atoms with van der Waals surface area (Å²) in [5.41, 5.74) is 0.580. The Labute approximate surface area is 154 Å². The fraction of sp³-hybridized carbons (Fsp3) is 0.350. The zero-order chi connectivity index (χ0) is 19.0. The lowest BCUT2D eigenvalue weighted by atomic mass is 9.91. The Morgan fingerprint density at radius 2 is 1.73 bits per heavy atom. The van der Waals surface area contributed by atoms with Crippen LogP contribution in [0.25, 0.3) is 0 Å². The van der Waals surface area contributed by atoms with E-state index in [1.165, 1.54) is 0 Å². The molecule has 0 radical (unpaired) electrons. The minimum absolute atomic E-state index is 0.289. The highest BCUT2D eigenvalue weighted by atomic mass is 16.5. The SMILES string of the molecule is COc1ccccc1CCNC(=O)C(C)(C)C(=O)NCc1ccccn1. The summed E-state index contributed by atoms with van der Waals surface area (Å²) in [4.78, 5) is 29.0. The molecule has 6 nitrogen and oxygen atoms in total. The second-order valence-electron chi connectivity index (χ2n) is 6.45. The van der Waals surface area contributed by atoms with Gasteiger partial charge in [0, 0.05) is 12.7 Å². The molecule has 0 bridgehead atoms. The first-order chi connectivity index (χ1) is 12.4. The van der Waals surface area contributed by atoms with Crippen molar-refractivity contribution in [3.63, 3.8) is 0 Å². The van der Waals surface area contributed by atoms with Crippen molar-refractivity contribution in [2.24, 2.45) is 5.41 Å². The van der Waals surface area contributed by atoms with Gasteiger partial charge >= 0.3 is 0 Å². The fourth-order valence-electron chi connectivity index (χ4n) is 2.44. The van der Waals surface area contributed by atoms with Crippen LogP contribution in [-0.4, -0.2) is 30.5 Å². The van der Waals surface area contributed by atoms with Gasteiger partial charge < -0.3 is 15.4 Å². The van der Waals surface area contributed by atoms with Crippen LogP contribution in [0.1, 0.15) is 25.1 Å². The van der Waals surface area contributed by atoms with Crippen LogP contribution in [0, 0.1) is 5.41 Å². The van der Waals surface area contributed by atoms with E-state index in [-0.39, 0.29) is 18.4 Å². The van der Waals surface area contributed by atoms with E-state index in [0.717, 1.165) is 17.0 Å². The molecule has 2 aromatic rings. The van der Waals surface area contributed by atoms with E-state index >= 15 is 0 Å². The Bertz CT molecular complexity index is 745. The van der Waals surface area contributed by atoms with Gasteiger partial charge in [0.1, 0.15) is 11.2 Å². The van der Waals surface area contributed by atoms with Crippen molar-refractivity contribution in [3.8, 4) is 5.75 Å². The molecule has 0 saturated heterocycles. The second-order valence-corrected chi connectivity index (χ2v) is 6.45. The van der Waals surface area contributed by atoms with Gasteiger partial charge in [-0.25, -0.2) is 0 Å². The van der Waals surface area contributed by atoms with E-state index in [4.69, 9.17) is 4.74 Å². The summed E-state index contributed by atoms with van der Waals surface area (Å²) in [6.45, 7) is 3.94. The van der Waals surface area contributed by atoms with E-state index in [1.807, 2.05) is 42.5 Å². The third-order valence-electron chi connectivity index (χ3n) is 4.16. The molecule has 0 fully saturated rings. The molecule has 0 aliphatic carbocycles. The molecular formula is C20H25N3O3. The molecule has 0 saturated carbocycles. The molecule has 0 unspecified atom stereocenters. The molecule has 0 aliphatic rings. The first-order valence-electron chi connectivity index (χ1n) is 8.53. The molecule has 0 spiro atoms.